The van der Waals surface area contributed by atoms with E-state index in [1.165, 1.54) is 26.0 Å². The zero-order valence-electron chi connectivity index (χ0n) is 21.7. The Morgan fingerprint density at radius 1 is 1.03 bits per heavy atom. The Morgan fingerprint density at radius 3 is 2.57 bits per heavy atom. The summed E-state index contributed by atoms with van der Waals surface area (Å²) in [7, 11) is 0. The van der Waals surface area contributed by atoms with Crippen LogP contribution in [0, 0.1) is 6.92 Å². The minimum absolute atomic E-state index is 0.00874. The first-order chi connectivity index (χ1) is 17.8. The number of likely N-dealkylation sites (tertiary alicyclic amines) is 1. The molecule has 1 fully saturated rings. The third-order valence-corrected chi connectivity index (χ3v) is 8.04. The Labute approximate surface area is 220 Å². The van der Waals surface area contributed by atoms with Gasteiger partial charge >= 0.3 is 5.69 Å². The number of amides is 2. The Bertz CT molecular complexity index is 1360. The standard InChI is InChI=1S/C28H36N4O4S/c1-20-10-12-22(13-11-20)18-29-24(33)9-4-3-6-16-31-27(35)26-23(14-17-37-26)32(28(31)36)19-25(34)30-15-7-5-8-21(30)2/h10-14,17,21H,3-9,15-16,18-19H2,1-2H3,(H,29,33). The van der Waals surface area contributed by atoms with Gasteiger partial charge in [0.25, 0.3) is 5.56 Å². The fourth-order valence-electron chi connectivity index (χ4n) is 4.91. The van der Waals surface area contributed by atoms with Crippen molar-refractivity contribution in [1.82, 2.24) is 19.4 Å². The number of unbranched alkanes of at least 4 members (excludes halogenated alkanes) is 2. The van der Waals surface area contributed by atoms with E-state index in [1.54, 1.807) is 11.4 Å². The SMILES string of the molecule is Cc1ccc(CNC(=O)CCCCCn2c(=O)c3sccc3n(CC(=O)N3CCCCC3C)c2=O)cc1. The highest BCUT2D eigenvalue weighted by Crippen LogP contribution is 2.19. The number of aromatic nitrogens is 2. The van der Waals surface area contributed by atoms with E-state index in [0.29, 0.717) is 42.6 Å². The third kappa shape index (κ3) is 6.57. The van der Waals surface area contributed by atoms with Gasteiger partial charge in [-0.3, -0.25) is 23.5 Å². The number of carbonyl (C=O) groups is 2. The molecule has 1 aromatic carbocycles. The molecule has 0 radical (unpaired) electrons. The molecule has 1 saturated heterocycles. The van der Waals surface area contributed by atoms with Gasteiger partial charge < -0.3 is 10.2 Å². The number of fused-ring (bicyclic) bond motifs is 1. The van der Waals surface area contributed by atoms with E-state index in [9.17, 15) is 19.2 Å². The van der Waals surface area contributed by atoms with Gasteiger partial charge in [-0.05, 0) is 63.0 Å². The number of nitrogens with one attached hydrogen (secondary N) is 1. The molecule has 2 amide bonds. The van der Waals surface area contributed by atoms with Crippen molar-refractivity contribution in [3.8, 4) is 0 Å². The Balaban J connectivity index is 1.34. The van der Waals surface area contributed by atoms with Crippen molar-refractivity contribution in [2.75, 3.05) is 6.54 Å². The van der Waals surface area contributed by atoms with Crippen molar-refractivity contribution < 1.29 is 9.59 Å². The fourth-order valence-corrected chi connectivity index (χ4v) is 5.75. The van der Waals surface area contributed by atoms with Crippen LogP contribution in [0.2, 0.25) is 0 Å². The molecule has 0 aliphatic carbocycles. The van der Waals surface area contributed by atoms with E-state index < -0.39 is 5.69 Å². The molecule has 1 N–H and O–H groups in total. The van der Waals surface area contributed by atoms with Gasteiger partial charge in [0.2, 0.25) is 11.8 Å². The van der Waals surface area contributed by atoms with Crippen LogP contribution in [-0.4, -0.2) is 38.4 Å². The highest BCUT2D eigenvalue weighted by Gasteiger charge is 2.25. The summed E-state index contributed by atoms with van der Waals surface area (Å²) < 4.78 is 3.20. The van der Waals surface area contributed by atoms with Crippen molar-refractivity contribution in [2.24, 2.45) is 0 Å². The molecule has 4 rings (SSSR count). The van der Waals surface area contributed by atoms with Crippen molar-refractivity contribution >= 4 is 33.4 Å². The number of thiophene rings is 1. The van der Waals surface area contributed by atoms with Crippen LogP contribution in [0.25, 0.3) is 10.2 Å². The van der Waals surface area contributed by atoms with Gasteiger partial charge in [-0.15, -0.1) is 11.3 Å². The van der Waals surface area contributed by atoms with Crippen LogP contribution in [0.3, 0.4) is 0 Å². The minimum atomic E-state index is -0.440. The van der Waals surface area contributed by atoms with Gasteiger partial charge in [0, 0.05) is 32.1 Å². The summed E-state index contributed by atoms with van der Waals surface area (Å²) in [5.41, 5.74) is 2.03. The second-order valence-electron chi connectivity index (χ2n) is 9.97. The molecule has 0 saturated carbocycles. The summed E-state index contributed by atoms with van der Waals surface area (Å²) >= 11 is 1.30. The summed E-state index contributed by atoms with van der Waals surface area (Å²) in [6, 6.07) is 9.96. The molecular weight excluding hydrogens is 488 g/mol. The molecule has 1 atom stereocenters. The lowest BCUT2D eigenvalue weighted by molar-refractivity contribution is -0.135. The van der Waals surface area contributed by atoms with Crippen molar-refractivity contribution in [3.63, 3.8) is 0 Å². The summed E-state index contributed by atoms with van der Waals surface area (Å²) in [6.45, 7) is 5.50. The highest BCUT2D eigenvalue weighted by molar-refractivity contribution is 7.17. The van der Waals surface area contributed by atoms with Crippen molar-refractivity contribution in [2.45, 2.75) is 84.5 Å². The first-order valence-electron chi connectivity index (χ1n) is 13.2. The van der Waals surface area contributed by atoms with Crippen LogP contribution in [0.15, 0.2) is 45.3 Å². The second kappa shape index (κ2) is 12.4. The number of rotatable bonds is 10. The molecule has 3 heterocycles. The van der Waals surface area contributed by atoms with Crippen molar-refractivity contribution in [3.05, 3.63) is 67.7 Å². The number of piperidine rings is 1. The number of carbonyl (C=O) groups excluding carboxylic acids is 2. The van der Waals surface area contributed by atoms with Crippen LogP contribution in [-0.2, 0) is 29.2 Å². The summed E-state index contributed by atoms with van der Waals surface area (Å²) in [5.74, 6) is -0.0887. The van der Waals surface area contributed by atoms with Crippen LogP contribution in [0.1, 0.15) is 63.0 Å². The molecule has 1 aliphatic heterocycles. The lowest BCUT2D eigenvalue weighted by Gasteiger charge is -2.33. The largest absolute Gasteiger partial charge is 0.352 e. The molecule has 2 aromatic heterocycles. The summed E-state index contributed by atoms with van der Waals surface area (Å²) in [4.78, 5) is 53.4. The van der Waals surface area contributed by atoms with Gasteiger partial charge in [0.05, 0.1) is 5.52 Å². The molecule has 37 heavy (non-hydrogen) atoms. The lowest BCUT2D eigenvalue weighted by Crippen LogP contribution is -2.46. The molecule has 0 spiro atoms. The Kier molecular flexibility index (Phi) is 8.97. The highest BCUT2D eigenvalue weighted by atomic mass is 32.1. The summed E-state index contributed by atoms with van der Waals surface area (Å²) in [6.07, 6.45) is 5.46. The molecule has 1 unspecified atom stereocenters. The Morgan fingerprint density at radius 2 is 1.81 bits per heavy atom. The first-order valence-corrected chi connectivity index (χ1v) is 14.1. The number of nitrogens with zero attached hydrogens (tertiary/aromatic N) is 3. The van der Waals surface area contributed by atoms with Gasteiger partial charge in [-0.1, -0.05) is 36.2 Å². The molecule has 9 heteroatoms. The van der Waals surface area contributed by atoms with Crippen molar-refractivity contribution in [1.29, 1.82) is 0 Å². The zero-order chi connectivity index (χ0) is 26.4. The first kappa shape index (κ1) is 26.9. The normalized spacial score (nSPS) is 15.7. The van der Waals surface area contributed by atoms with E-state index in [1.807, 2.05) is 43.0 Å². The third-order valence-electron chi connectivity index (χ3n) is 7.15. The maximum atomic E-state index is 13.3. The van der Waals surface area contributed by atoms with Crippen LogP contribution >= 0.6 is 11.3 Å². The molecule has 1 aliphatic rings. The van der Waals surface area contributed by atoms with E-state index in [4.69, 9.17) is 0 Å². The fraction of sp³-hybridized carbons (Fsp3) is 0.500. The molecule has 198 valence electrons. The van der Waals surface area contributed by atoms with E-state index in [0.717, 1.165) is 31.2 Å². The lowest BCUT2D eigenvalue weighted by atomic mass is 10.0. The van der Waals surface area contributed by atoms with E-state index >= 15 is 0 Å². The Hall–Kier alpha value is -3.20. The summed E-state index contributed by atoms with van der Waals surface area (Å²) in [5, 5.41) is 4.72. The predicted molar refractivity (Wildman–Crippen MR) is 147 cm³/mol. The number of aryl methyl sites for hydroxylation is 1. The van der Waals surface area contributed by atoms with Gasteiger partial charge in [0.15, 0.2) is 0 Å². The van der Waals surface area contributed by atoms with Crippen LogP contribution in [0.4, 0.5) is 0 Å². The van der Waals surface area contributed by atoms with Crippen LogP contribution < -0.4 is 16.6 Å². The topological polar surface area (TPSA) is 93.4 Å². The van der Waals surface area contributed by atoms with Crippen LogP contribution in [0.5, 0.6) is 0 Å². The number of hydrogen-bond acceptors (Lipinski definition) is 5. The number of hydrogen-bond donors (Lipinski definition) is 1. The molecular formula is C28H36N4O4S. The maximum absolute atomic E-state index is 13.3. The monoisotopic (exact) mass is 524 g/mol. The van der Waals surface area contributed by atoms with Gasteiger partial charge in [-0.25, -0.2) is 4.79 Å². The molecule has 3 aromatic rings. The average Bonchev–Trinajstić information content (AvgIpc) is 3.38. The molecule has 0 bridgehead atoms. The number of benzene rings is 1. The van der Waals surface area contributed by atoms with Gasteiger partial charge in [0.1, 0.15) is 11.2 Å². The predicted octanol–water partition coefficient (Wildman–Crippen LogP) is 3.81. The second-order valence-corrected chi connectivity index (χ2v) is 10.9. The van der Waals surface area contributed by atoms with E-state index in [-0.39, 0.29) is 36.5 Å². The maximum Gasteiger partial charge on any atom is 0.332 e. The molecule has 8 nitrogen and oxygen atoms in total. The minimum Gasteiger partial charge on any atom is -0.352 e. The smallest absolute Gasteiger partial charge is 0.332 e. The zero-order valence-corrected chi connectivity index (χ0v) is 22.5. The average molecular weight is 525 g/mol. The van der Waals surface area contributed by atoms with E-state index in [2.05, 4.69) is 5.32 Å². The van der Waals surface area contributed by atoms with Gasteiger partial charge in [-0.2, -0.15) is 0 Å². The quantitative estimate of drug-likeness (QED) is 0.408.